The molecule has 1 N–H and O–H groups in total. The predicted molar refractivity (Wildman–Crippen MR) is 54.9 cm³/mol. The lowest BCUT2D eigenvalue weighted by Gasteiger charge is -2.04. The van der Waals surface area contributed by atoms with Crippen molar-refractivity contribution in [1.82, 2.24) is 0 Å². The van der Waals surface area contributed by atoms with Gasteiger partial charge in [-0.25, -0.2) is 14.2 Å². The van der Waals surface area contributed by atoms with Crippen molar-refractivity contribution in [3.63, 3.8) is 0 Å². The van der Waals surface area contributed by atoms with Gasteiger partial charge in [-0.05, 0) is 24.1 Å². The number of carboxylic acid groups (broad SMARTS) is 1. The first-order valence-electron chi connectivity index (χ1n) is 4.83. The second kappa shape index (κ2) is 4.30. The van der Waals surface area contributed by atoms with E-state index in [2.05, 4.69) is 4.99 Å². The van der Waals surface area contributed by atoms with Gasteiger partial charge in [-0.1, -0.05) is 12.1 Å². The van der Waals surface area contributed by atoms with E-state index in [1.165, 1.54) is 12.1 Å². The van der Waals surface area contributed by atoms with Crippen LogP contribution in [-0.2, 0) is 16.0 Å². The van der Waals surface area contributed by atoms with E-state index in [1.54, 1.807) is 12.1 Å². The lowest BCUT2D eigenvalue weighted by atomic mass is 10.1. The molecule has 0 saturated heterocycles. The molecule has 84 valence electrons. The lowest BCUT2D eigenvalue weighted by molar-refractivity contribution is -0.130. The highest BCUT2D eigenvalue weighted by Crippen LogP contribution is 2.12. The minimum absolute atomic E-state index is 0.198. The highest BCUT2D eigenvalue weighted by Gasteiger charge is 2.23. The molecule has 16 heavy (non-hydrogen) atoms. The quantitative estimate of drug-likeness (QED) is 0.838. The maximum atomic E-state index is 12.6. The van der Waals surface area contributed by atoms with E-state index in [0.29, 0.717) is 6.42 Å². The Labute approximate surface area is 91.4 Å². The summed E-state index contributed by atoms with van der Waals surface area (Å²) < 4.78 is 17.5. The normalized spacial score (nSPS) is 19.1. The number of ether oxygens (including phenoxy) is 1. The molecule has 1 aromatic carbocycles. The number of hydrogen-bond acceptors (Lipinski definition) is 3. The predicted octanol–water partition coefficient (Wildman–Crippen LogP) is 1.25. The summed E-state index contributed by atoms with van der Waals surface area (Å²) in [6.45, 7) is 0.263. The van der Waals surface area contributed by atoms with Crippen molar-refractivity contribution < 1.29 is 19.0 Å². The standard InChI is InChI=1S/C11H10FNO3/c12-8-3-1-7(2-4-8)5-9-6-16-10(13-9)11(14)15/h1-4,9H,5-6H2,(H,14,15). The maximum absolute atomic E-state index is 12.6. The maximum Gasteiger partial charge on any atom is 0.391 e. The average molecular weight is 223 g/mol. The Morgan fingerprint density at radius 1 is 1.50 bits per heavy atom. The fourth-order valence-corrected chi connectivity index (χ4v) is 1.53. The smallest absolute Gasteiger partial charge is 0.391 e. The second-order valence-corrected chi connectivity index (χ2v) is 3.53. The minimum Gasteiger partial charge on any atom is -0.474 e. The summed E-state index contributed by atoms with van der Waals surface area (Å²) in [5, 5.41) is 8.63. The topological polar surface area (TPSA) is 58.9 Å². The zero-order valence-corrected chi connectivity index (χ0v) is 8.39. The third-order valence-electron chi connectivity index (χ3n) is 2.28. The zero-order chi connectivity index (χ0) is 11.5. The minimum atomic E-state index is -1.15. The molecule has 0 fully saturated rings. The van der Waals surface area contributed by atoms with Crippen molar-refractivity contribution in [2.24, 2.45) is 4.99 Å². The van der Waals surface area contributed by atoms with E-state index in [-0.39, 0.29) is 24.4 Å². The van der Waals surface area contributed by atoms with Gasteiger partial charge in [0.05, 0.1) is 6.04 Å². The molecule has 0 spiro atoms. The van der Waals surface area contributed by atoms with E-state index < -0.39 is 5.97 Å². The largest absolute Gasteiger partial charge is 0.474 e. The Balaban J connectivity index is 2.01. The summed E-state index contributed by atoms with van der Waals surface area (Å²) >= 11 is 0. The van der Waals surface area contributed by atoms with Crippen LogP contribution in [0.1, 0.15) is 5.56 Å². The van der Waals surface area contributed by atoms with Crippen molar-refractivity contribution in [3.8, 4) is 0 Å². The Hall–Kier alpha value is -1.91. The first-order chi connectivity index (χ1) is 7.65. The molecule has 0 amide bonds. The number of carboxylic acids is 1. The average Bonchev–Trinajstić information content (AvgIpc) is 2.70. The van der Waals surface area contributed by atoms with Crippen LogP contribution in [0.4, 0.5) is 4.39 Å². The molecule has 0 saturated carbocycles. The Morgan fingerprint density at radius 2 is 2.19 bits per heavy atom. The highest BCUT2D eigenvalue weighted by atomic mass is 19.1. The molecular formula is C11H10FNO3. The van der Waals surface area contributed by atoms with Crippen LogP contribution in [0.2, 0.25) is 0 Å². The van der Waals surface area contributed by atoms with Crippen LogP contribution in [-0.4, -0.2) is 29.6 Å². The number of aliphatic imine (C=N–C) groups is 1. The van der Waals surface area contributed by atoms with Gasteiger partial charge in [0.1, 0.15) is 12.4 Å². The van der Waals surface area contributed by atoms with Crippen LogP contribution in [0.25, 0.3) is 0 Å². The van der Waals surface area contributed by atoms with Crippen LogP contribution >= 0.6 is 0 Å². The van der Waals surface area contributed by atoms with Crippen molar-refractivity contribution in [2.45, 2.75) is 12.5 Å². The number of hydrogen-bond donors (Lipinski definition) is 1. The van der Waals surface area contributed by atoms with Crippen LogP contribution < -0.4 is 0 Å². The van der Waals surface area contributed by atoms with Gasteiger partial charge in [0, 0.05) is 0 Å². The summed E-state index contributed by atoms with van der Waals surface area (Å²) in [6, 6.07) is 5.85. The van der Waals surface area contributed by atoms with E-state index >= 15 is 0 Å². The first kappa shape index (κ1) is 10.6. The third kappa shape index (κ3) is 2.36. The van der Waals surface area contributed by atoms with Crippen molar-refractivity contribution in [1.29, 1.82) is 0 Å². The molecule has 0 aliphatic carbocycles. The molecule has 1 heterocycles. The molecule has 0 bridgehead atoms. The van der Waals surface area contributed by atoms with Gasteiger partial charge in [-0.3, -0.25) is 0 Å². The lowest BCUT2D eigenvalue weighted by Crippen LogP contribution is -2.12. The van der Waals surface area contributed by atoms with Crippen molar-refractivity contribution in [2.75, 3.05) is 6.61 Å². The van der Waals surface area contributed by atoms with Gasteiger partial charge in [0.15, 0.2) is 0 Å². The van der Waals surface area contributed by atoms with Crippen LogP contribution in [0.3, 0.4) is 0 Å². The van der Waals surface area contributed by atoms with Crippen LogP contribution in [0.5, 0.6) is 0 Å². The number of nitrogens with zero attached hydrogens (tertiary/aromatic N) is 1. The fourth-order valence-electron chi connectivity index (χ4n) is 1.53. The summed E-state index contributed by atoms with van der Waals surface area (Å²) in [6.07, 6.45) is 0.553. The SMILES string of the molecule is O=C(O)C1=NC(Cc2ccc(F)cc2)CO1. The number of benzene rings is 1. The van der Waals surface area contributed by atoms with Gasteiger partial charge in [0.25, 0.3) is 5.90 Å². The van der Waals surface area contributed by atoms with E-state index in [4.69, 9.17) is 9.84 Å². The number of aliphatic carboxylic acids is 1. The number of carbonyl (C=O) groups is 1. The van der Waals surface area contributed by atoms with Crippen molar-refractivity contribution in [3.05, 3.63) is 35.6 Å². The third-order valence-corrected chi connectivity index (χ3v) is 2.28. The van der Waals surface area contributed by atoms with Gasteiger partial charge >= 0.3 is 5.97 Å². The summed E-state index contributed by atoms with van der Waals surface area (Å²) in [4.78, 5) is 14.4. The summed E-state index contributed by atoms with van der Waals surface area (Å²) in [7, 11) is 0. The fraction of sp³-hybridized carbons (Fsp3) is 0.273. The molecule has 5 heteroatoms. The molecule has 1 aromatic rings. The summed E-state index contributed by atoms with van der Waals surface area (Å²) in [5.41, 5.74) is 0.908. The Morgan fingerprint density at radius 3 is 2.75 bits per heavy atom. The molecule has 0 aromatic heterocycles. The van der Waals surface area contributed by atoms with Crippen LogP contribution in [0.15, 0.2) is 29.3 Å². The molecular weight excluding hydrogens is 213 g/mol. The molecule has 1 unspecified atom stereocenters. The Kier molecular flexibility index (Phi) is 2.85. The second-order valence-electron chi connectivity index (χ2n) is 3.53. The number of rotatable bonds is 3. The molecule has 1 aliphatic rings. The van der Waals surface area contributed by atoms with E-state index in [1.807, 2.05) is 0 Å². The van der Waals surface area contributed by atoms with Gasteiger partial charge in [0.2, 0.25) is 0 Å². The molecule has 1 atom stereocenters. The van der Waals surface area contributed by atoms with Crippen molar-refractivity contribution >= 4 is 11.9 Å². The molecule has 4 nitrogen and oxygen atoms in total. The molecule has 0 radical (unpaired) electrons. The van der Waals surface area contributed by atoms with E-state index in [9.17, 15) is 9.18 Å². The molecule has 1 aliphatic heterocycles. The van der Waals surface area contributed by atoms with Gasteiger partial charge in [-0.2, -0.15) is 0 Å². The zero-order valence-electron chi connectivity index (χ0n) is 8.39. The van der Waals surface area contributed by atoms with Crippen LogP contribution in [0, 0.1) is 5.82 Å². The van der Waals surface area contributed by atoms with Gasteiger partial charge < -0.3 is 9.84 Å². The molecule has 2 rings (SSSR count). The summed E-state index contributed by atoms with van der Waals surface area (Å²) in [5.74, 6) is -1.69. The Bertz CT molecular complexity index is 427. The first-order valence-corrected chi connectivity index (χ1v) is 4.83. The monoisotopic (exact) mass is 223 g/mol. The van der Waals surface area contributed by atoms with E-state index in [0.717, 1.165) is 5.56 Å². The highest BCUT2D eigenvalue weighted by molar-refractivity contribution is 6.32. The van der Waals surface area contributed by atoms with Gasteiger partial charge in [-0.15, -0.1) is 0 Å². The number of halogens is 1.